The van der Waals surface area contributed by atoms with Gasteiger partial charge in [0.25, 0.3) is 0 Å². The molecule has 1 aliphatic rings. The Kier molecular flexibility index (Phi) is 4.21. The summed E-state index contributed by atoms with van der Waals surface area (Å²) in [6.45, 7) is 0.125. The number of aliphatic hydroxyl groups is 1. The van der Waals surface area contributed by atoms with E-state index in [1.807, 2.05) is 0 Å². The van der Waals surface area contributed by atoms with Gasteiger partial charge in [0, 0.05) is 16.7 Å². The van der Waals surface area contributed by atoms with Crippen molar-refractivity contribution in [2.45, 2.75) is 24.9 Å². The average Bonchev–Trinajstić information content (AvgIpc) is 2.36. The molecule has 3 N–H and O–H groups in total. The van der Waals surface area contributed by atoms with Crippen molar-refractivity contribution in [1.82, 2.24) is 5.32 Å². The van der Waals surface area contributed by atoms with Crippen molar-refractivity contribution in [2.24, 2.45) is 0 Å². The maximum Gasteiger partial charge on any atom is 0.313 e. The van der Waals surface area contributed by atoms with Crippen molar-refractivity contribution in [2.75, 3.05) is 11.9 Å². The Labute approximate surface area is 119 Å². The van der Waals surface area contributed by atoms with Crippen LogP contribution in [0.4, 0.5) is 5.69 Å². The molecule has 0 aliphatic heterocycles. The van der Waals surface area contributed by atoms with E-state index in [2.05, 4.69) is 26.6 Å². The van der Waals surface area contributed by atoms with E-state index in [1.54, 1.807) is 24.3 Å². The van der Waals surface area contributed by atoms with Crippen LogP contribution in [0.5, 0.6) is 0 Å². The number of rotatable bonds is 3. The first-order valence-corrected chi connectivity index (χ1v) is 6.85. The summed E-state index contributed by atoms with van der Waals surface area (Å²) in [6, 6.07) is 6.92. The molecule has 0 bridgehead atoms. The number of hydrogen-bond acceptors (Lipinski definition) is 3. The molecule has 2 amide bonds. The van der Waals surface area contributed by atoms with Gasteiger partial charge in [0.2, 0.25) is 0 Å². The minimum atomic E-state index is -0.826. The lowest BCUT2D eigenvalue weighted by molar-refractivity contribution is -0.137. The van der Waals surface area contributed by atoms with Crippen molar-refractivity contribution < 1.29 is 14.7 Å². The van der Waals surface area contributed by atoms with E-state index in [0.29, 0.717) is 18.5 Å². The summed E-state index contributed by atoms with van der Waals surface area (Å²) in [5.41, 5.74) is -0.279. The fourth-order valence-electron chi connectivity index (χ4n) is 1.81. The van der Waals surface area contributed by atoms with Crippen molar-refractivity contribution >= 4 is 33.4 Å². The SMILES string of the molecule is O=C(NCC1(O)CCC1)C(=O)Nc1ccc(Br)cc1. The zero-order valence-electron chi connectivity index (χ0n) is 10.3. The maximum atomic E-state index is 11.6. The van der Waals surface area contributed by atoms with E-state index in [-0.39, 0.29) is 6.54 Å². The molecule has 1 aromatic rings. The highest BCUT2D eigenvalue weighted by Gasteiger charge is 2.35. The predicted molar refractivity (Wildman–Crippen MR) is 74.6 cm³/mol. The smallest absolute Gasteiger partial charge is 0.313 e. The van der Waals surface area contributed by atoms with Gasteiger partial charge in [-0.3, -0.25) is 9.59 Å². The molecule has 6 heteroatoms. The number of anilines is 1. The Morgan fingerprint density at radius 1 is 1.21 bits per heavy atom. The maximum absolute atomic E-state index is 11.6. The minimum Gasteiger partial charge on any atom is -0.388 e. The molecule has 0 saturated heterocycles. The van der Waals surface area contributed by atoms with E-state index in [0.717, 1.165) is 10.9 Å². The van der Waals surface area contributed by atoms with Crippen LogP contribution in [-0.2, 0) is 9.59 Å². The zero-order chi connectivity index (χ0) is 13.9. The van der Waals surface area contributed by atoms with Crippen LogP contribution in [-0.4, -0.2) is 29.1 Å². The monoisotopic (exact) mass is 326 g/mol. The lowest BCUT2D eigenvalue weighted by Gasteiger charge is -2.36. The first-order valence-electron chi connectivity index (χ1n) is 6.06. The van der Waals surface area contributed by atoms with E-state index < -0.39 is 17.4 Å². The van der Waals surface area contributed by atoms with Crippen LogP contribution < -0.4 is 10.6 Å². The standard InChI is InChI=1S/C13H15BrN2O3/c14-9-2-4-10(5-3-9)16-12(18)11(17)15-8-13(19)6-1-7-13/h2-5,19H,1,6-8H2,(H,15,17)(H,16,18). The summed E-state index contributed by atoms with van der Waals surface area (Å²) in [7, 11) is 0. The molecule has 1 aromatic carbocycles. The Bertz CT molecular complexity index is 483. The molecule has 1 saturated carbocycles. The predicted octanol–water partition coefficient (Wildman–Crippen LogP) is 1.42. The van der Waals surface area contributed by atoms with Crippen molar-refractivity contribution in [1.29, 1.82) is 0 Å². The minimum absolute atomic E-state index is 0.125. The van der Waals surface area contributed by atoms with Gasteiger partial charge in [0.15, 0.2) is 0 Å². The number of benzene rings is 1. The average molecular weight is 327 g/mol. The molecule has 19 heavy (non-hydrogen) atoms. The van der Waals surface area contributed by atoms with Gasteiger partial charge in [-0.1, -0.05) is 15.9 Å². The summed E-state index contributed by atoms with van der Waals surface area (Å²) < 4.78 is 0.891. The molecule has 0 radical (unpaired) electrons. The second-order valence-electron chi connectivity index (χ2n) is 4.72. The number of halogens is 1. The first-order chi connectivity index (χ1) is 8.98. The van der Waals surface area contributed by atoms with Gasteiger partial charge in [0.1, 0.15) is 0 Å². The molecule has 0 aromatic heterocycles. The largest absolute Gasteiger partial charge is 0.388 e. The summed E-state index contributed by atoms with van der Waals surface area (Å²) >= 11 is 3.28. The molecular weight excluding hydrogens is 312 g/mol. The highest BCUT2D eigenvalue weighted by Crippen LogP contribution is 2.30. The topological polar surface area (TPSA) is 78.4 Å². The van der Waals surface area contributed by atoms with Crippen molar-refractivity contribution in [3.05, 3.63) is 28.7 Å². The third-order valence-electron chi connectivity index (χ3n) is 3.17. The summed E-state index contributed by atoms with van der Waals surface area (Å²) in [6.07, 6.45) is 2.29. The van der Waals surface area contributed by atoms with E-state index in [1.165, 1.54) is 0 Å². The molecule has 2 rings (SSSR count). The van der Waals surface area contributed by atoms with Gasteiger partial charge in [0.05, 0.1) is 5.60 Å². The lowest BCUT2D eigenvalue weighted by atomic mass is 9.80. The van der Waals surface area contributed by atoms with Gasteiger partial charge in [-0.05, 0) is 43.5 Å². The Balaban J connectivity index is 1.82. The summed E-state index contributed by atoms with van der Waals surface area (Å²) in [5, 5.41) is 14.7. The second kappa shape index (κ2) is 5.71. The number of amides is 2. The van der Waals surface area contributed by atoms with Gasteiger partial charge in [-0.15, -0.1) is 0 Å². The number of carbonyl (C=O) groups is 2. The summed E-state index contributed by atoms with van der Waals surface area (Å²) in [4.78, 5) is 23.2. The third-order valence-corrected chi connectivity index (χ3v) is 3.70. The van der Waals surface area contributed by atoms with Crippen LogP contribution in [0.25, 0.3) is 0 Å². The molecule has 102 valence electrons. The Morgan fingerprint density at radius 3 is 2.37 bits per heavy atom. The van der Waals surface area contributed by atoms with Crippen LogP contribution >= 0.6 is 15.9 Å². The molecule has 0 spiro atoms. The van der Waals surface area contributed by atoms with E-state index in [4.69, 9.17) is 0 Å². The first kappa shape index (κ1) is 14.0. The van der Waals surface area contributed by atoms with Gasteiger partial charge in [-0.2, -0.15) is 0 Å². The van der Waals surface area contributed by atoms with Crippen LogP contribution in [0.15, 0.2) is 28.7 Å². The fourth-order valence-corrected chi connectivity index (χ4v) is 2.07. The number of carbonyl (C=O) groups excluding carboxylic acids is 2. The summed E-state index contributed by atoms with van der Waals surface area (Å²) in [5.74, 6) is -1.46. The third kappa shape index (κ3) is 3.78. The van der Waals surface area contributed by atoms with Gasteiger partial charge >= 0.3 is 11.8 Å². The molecule has 5 nitrogen and oxygen atoms in total. The number of nitrogens with one attached hydrogen (secondary N) is 2. The van der Waals surface area contributed by atoms with E-state index in [9.17, 15) is 14.7 Å². The van der Waals surface area contributed by atoms with Crippen LogP contribution in [0.3, 0.4) is 0 Å². The quantitative estimate of drug-likeness (QED) is 0.735. The zero-order valence-corrected chi connectivity index (χ0v) is 11.9. The van der Waals surface area contributed by atoms with Gasteiger partial charge < -0.3 is 15.7 Å². The second-order valence-corrected chi connectivity index (χ2v) is 5.64. The van der Waals surface area contributed by atoms with Crippen molar-refractivity contribution in [3.63, 3.8) is 0 Å². The Morgan fingerprint density at radius 2 is 1.84 bits per heavy atom. The van der Waals surface area contributed by atoms with Crippen LogP contribution in [0.1, 0.15) is 19.3 Å². The normalized spacial score (nSPS) is 16.3. The van der Waals surface area contributed by atoms with E-state index >= 15 is 0 Å². The molecule has 0 atom stereocenters. The highest BCUT2D eigenvalue weighted by atomic mass is 79.9. The molecular formula is C13H15BrN2O3. The molecule has 0 heterocycles. The Hall–Kier alpha value is -1.40. The molecule has 1 aliphatic carbocycles. The van der Waals surface area contributed by atoms with Crippen molar-refractivity contribution in [3.8, 4) is 0 Å². The van der Waals surface area contributed by atoms with Gasteiger partial charge in [-0.25, -0.2) is 0 Å². The highest BCUT2D eigenvalue weighted by molar-refractivity contribution is 9.10. The molecule has 1 fully saturated rings. The van der Waals surface area contributed by atoms with Crippen LogP contribution in [0, 0.1) is 0 Å². The fraction of sp³-hybridized carbons (Fsp3) is 0.385. The number of hydrogen-bond donors (Lipinski definition) is 3. The molecule has 0 unspecified atom stereocenters. The lowest BCUT2D eigenvalue weighted by Crippen LogP contribution is -2.49. The van der Waals surface area contributed by atoms with Crippen LogP contribution in [0.2, 0.25) is 0 Å².